The number of benzene rings is 8. The fourth-order valence-electron chi connectivity index (χ4n) is 10.2. The van der Waals surface area contributed by atoms with Crippen molar-refractivity contribution in [2.24, 2.45) is 0 Å². The highest BCUT2D eigenvalue weighted by molar-refractivity contribution is 5.96. The average molecular weight is 762 g/mol. The van der Waals surface area contributed by atoms with Gasteiger partial charge in [-0.05, 0) is 108 Å². The molecule has 0 unspecified atom stereocenters. The Balaban J connectivity index is 1.18. The number of rotatable bonds is 6. The lowest BCUT2D eigenvalue weighted by atomic mass is 9.79. The second-order valence-electron chi connectivity index (χ2n) is 18.6. The van der Waals surface area contributed by atoms with Gasteiger partial charge in [0.05, 0.1) is 11.4 Å². The standard InChI is InChI=1S/C58H51N/c1-56(2,3)41-33-30-38(31-34-41)43-20-10-14-28-53(43)59(42-19-16-18-39(36-42)45-24-17-25-49-47-23-9-13-27-51(47)58(6,7)55(45)49)54-29-15-11-21-44(54)40-32-35-48-46-22-8-12-26-50(46)57(4,5)52(48)37-40/h8-37H,1-7H3. The smallest absolute Gasteiger partial charge is 0.0540 e. The summed E-state index contributed by atoms with van der Waals surface area (Å²) in [5.74, 6) is 0. The second-order valence-corrected chi connectivity index (χ2v) is 18.6. The molecular weight excluding hydrogens is 711 g/mol. The van der Waals surface area contributed by atoms with Gasteiger partial charge in [0.1, 0.15) is 0 Å². The van der Waals surface area contributed by atoms with Crippen LogP contribution in [0.25, 0.3) is 55.6 Å². The van der Waals surface area contributed by atoms with Crippen molar-refractivity contribution in [2.75, 3.05) is 4.90 Å². The van der Waals surface area contributed by atoms with E-state index >= 15 is 0 Å². The lowest BCUT2D eigenvalue weighted by Crippen LogP contribution is -2.16. The monoisotopic (exact) mass is 761 g/mol. The molecule has 0 radical (unpaired) electrons. The average Bonchev–Trinajstić information content (AvgIpc) is 3.63. The quantitative estimate of drug-likeness (QED) is 0.163. The van der Waals surface area contributed by atoms with Crippen LogP contribution in [0.4, 0.5) is 17.1 Å². The Kier molecular flexibility index (Phi) is 8.48. The molecule has 0 saturated heterocycles. The Labute approximate surface area is 350 Å². The van der Waals surface area contributed by atoms with Gasteiger partial charge in [0.25, 0.3) is 0 Å². The van der Waals surface area contributed by atoms with E-state index in [-0.39, 0.29) is 16.2 Å². The topological polar surface area (TPSA) is 3.24 Å². The first kappa shape index (κ1) is 36.9. The molecule has 2 aliphatic rings. The van der Waals surface area contributed by atoms with Crippen molar-refractivity contribution >= 4 is 17.1 Å². The minimum absolute atomic E-state index is 0.0722. The molecule has 0 atom stereocenters. The molecule has 0 heterocycles. The Morgan fingerprint density at radius 3 is 1.49 bits per heavy atom. The van der Waals surface area contributed by atoms with Gasteiger partial charge in [0, 0.05) is 27.6 Å². The maximum absolute atomic E-state index is 2.50. The van der Waals surface area contributed by atoms with E-state index in [0.29, 0.717) is 0 Å². The van der Waals surface area contributed by atoms with Crippen LogP contribution in [0.2, 0.25) is 0 Å². The van der Waals surface area contributed by atoms with Crippen LogP contribution in [-0.4, -0.2) is 0 Å². The largest absolute Gasteiger partial charge is 0.309 e. The zero-order valence-corrected chi connectivity index (χ0v) is 35.3. The van der Waals surface area contributed by atoms with Crippen LogP contribution in [0.1, 0.15) is 76.3 Å². The molecule has 288 valence electrons. The van der Waals surface area contributed by atoms with E-state index in [2.05, 4.69) is 235 Å². The normalized spacial score (nSPS) is 14.3. The summed E-state index contributed by atoms with van der Waals surface area (Å²) in [6.07, 6.45) is 0. The molecule has 0 N–H and O–H groups in total. The van der Waals surface area contributed by atoms with Crippen molar-refractivity contribution < 1.29 is 0 Å². The van der Waals surface area contributed by atoms with Gasteiger partial charge in [0.2, 0.25) is 0 Å². The molecule has 0 fully saturated rings. The third-order valence-corrected chi connectivity index (χ3v) is 13.2. The van der Waals surface area contributed by atoms with Crippen LogP contribution in [0.5, 0.6) is 0 Å². The molecule has 0 aliphatic heterocycles. The first-order valence-corrected chi connectivity index (χ1v) is 21.1. The van der Waals surface area contributed by atoms with Crippen molar-refractivity contribution in [1.82, 2.24) is 0 Å². The molecular formula is C58H51N. The SMILES string of the molecule is CC(C)(C)c1ccc(-c2ccccc2N(c2cccc(-c3cccc4c3C(C)(C)c3ccccc3-4)c2)c2ccccc2-c2ccc3c(c2)C(C)(C)c2ccccc2-3)cc1. The molecule has 0 aromatic heterocycles. The van der Waals surface area contributed by atoms with E-state index in [4.69, 9.17) is 0 Å². The van der Waals surface area contributed by atoms with Crippen LogP contribution < -0.4 is 4.90 Å². The molecule has 59 heavy (non-hydrogen) atoms. The predicted molar refractivity (Wildman–Crippen MR) is 251 cm³/mol. The molecule has 2 aliphatic carbocycles. The molecule has 0 amide bonds. The Hall–Kier alpha value is -6.44. The Bertz CT molecular complexity index is 2920. The third kappa shape index (κ3) is 5.90. The highest BCUT2D eigenvalue weighted by Gasteiger charge is 2.38. The van der Waals surface area contributed by atoms with E-state index < -0.39 is 0 Å². The summed E-state index contributed by atoms with van der Waals surface area (Å²) >= 11 is 0. The zero-order valence-electron chi connectivity index (χ0n) is 35.3. The van der Waals surface area contributed by atoms with Gasteiger partial charge in [-0.25, -0.2) is 0 Å². The van der Waals surface area contributed by atoms with Gasteiger partial charge in [-0.3, -0.25) is 0 Å². The predicted octanol–water partition coefficient (Wildman–Crippen LogP) is 16.1. The first-order chi connectivity index (χ1) is 28.4. The number of para-hydroxylation sites is 2. The van der Waals surface area contributed by atoms with Gasteiger partial charge in [-0.1, -0.05) is 200 Å². The summed E-state index contributed by atoms with van der Waals surface area (Å²) in [6.45, 7) is 16.3. The molecule has 0 bridgehead atoms. The van der Waals surface area contributed by atoms with E-state index in [1.165, 1.54) is 83.5 Å². The molecule has 10 rings (SSSR count). The van der Waals surface area contributed by atoms with Crippen LogP contribution in [-0.2, 0) is 16.2 Å². The summed E-state index contributed by atoms with van der Waals surface area (Å²) in [6, 6.07) is 68.1. The molecule has 0 spiro atoms. The van der Waals surface area contributed by atoms with E-state index in [1.54, 1.807) is 0 Å². The number of nitrogens with zero attached hydrogens (tertiary/aromatic N) is 1. The zero-order chi connectivity index (χ0) is 40.7. The fourth-order valence-corrected chi connectivity index (χ4v) is 10.2. The molecule has 1 heteroatoms. The summed E-state index contributed by atoms with van der Waals surface area (Å²) in [4.78, 5) is 2.50. The Morgan fingerprint density at radius 1 is 0.356 bits per heavy atom. The summed E-state index contributed by atoms with van der Waals surface area (Å²) in [5, 5.41) is 0. The molecule has 8 aromatic carbocycles. The second kappa shape index (κ2) is 13.6. The van der Waals surface area contributed by atoms with E-state index in [1.807, 2.05) is 0 Å². The lowest BCUT2D eigenvalue weighted by molar-refractivity contribution is 0.590. The minimum Gasteiger partial charge on any atom is -0.309 e. The summed E-state index contributed by atoms with van der Waals surface area (Å²) in [5.41, 5.74) is 22.8. The van der Waals surface area contributed by atoms with Crippen molar-refractivity contribution in [3.63, 3.8) is 0 Å². The maximum Gasteiger partial charge on any atom is 0.0540 e. The number of hydrogen-bond donors (Lipinski definition) is 0. The summed E-state index contributed by atoms with van der Waals surface area (Å²) < 4.78 is 0. The van der Waals surface area contributed by atoms with Crippen molar-refractivity contribution in [3.05, 3.63) is 210 Å². The van der Waals surface area contributed by atoms with Gasteiger partial charge in [-0.15, -0.1) is 0 Å². The van der Waals surface area contributed by atoms with Crippen LogP contribution >= 0.6 is 0 Å². The Morgan fingerprint density at radius 2 is 0.831 bits per heavy atom. The maximum atomic E-state index is 2.50. The van der Waals surface area contributed by atoms with Gasteiger partial charge in [-0.2, -0.15) is 0 Å². The van der Waals surface area contributed by atoms with Gasteiger partial charge < -0.3 is 4.90 Å². The summed E-state index contributed by atoms with van der Waals surface area (Å²) in [7, 11) is 0. The van der Waals surface area contributed by atoms with E-state index in [9.17, 15) is 0 Å². The van der Waals surface area contributed by atoms with Crippen LogP contribution in [0, 0.1) is 0 Å². The number of hydrogen-bond acceptors (Lipinski definition) is 1. The lowest BCUT2D eigenvalue weighted by Gasteiger charge is -2.31. The molecule has 8 aromatic rings. The highest BCUT2D eigenvalue weighted by atomic mass is 15.1. The van der Waals surface area contributed by atoms with Crippen LogP contribution in [0.3, 0.4) is 0 Å². The van der Waals surface area contributed by atoms with Crippen molar-refractivity contribution in [1.29, 1.82) is 0 Å². The van der Waals surface area contributed by atoms with Crippen molar-refractivity contribution in [3.8, 4) is 55.6 Å². The minimum atomic E-state index is -0.127. The highest BCUT2D eigenvalue weighted by Crippen LogP contribution is 2.54. The van der Waals surface area contributed by atoms with Crippen LogP contribution in [0.15, 0.2) is 182 Å². The molecule has 0 saturated carbocycles. The number of anilines is 3. The fraction of sp³-hybridized carbons (Fsp3) is 0.172. The van der Waals surface area contributed by atoms with Gasteiger partial charge >= 0.3 is 0 Å². The van der Waals surface area contributed by atoms with Gasteiger partial charge in [0.15, 0.2) is 0 Å². The third-order valence-electron chi connectivity index (χ3n) is 13.2. The molecule has 1 nitrogen and oxygen atoms in total. The van der Waals surface area contributed by atoms with E-state index in [0.717, 1.165) is 17.1 Å². The number of fused-ring (bicyclic) bond motifs is 6. The van der Waals surface area contributed by atoms with Crippen molar-refractivity contribution in [2.45, 2.75) is 64.7 Å². The first-order valence-electron chi connectivity index (χ1n) is 21.1.